The average molecular weight is 421 g/mol. The Bertz CT molecular complexity index is 1230. The molecule has 150 valence electrons. The molecule has 0 atom stereocenters. The van der Waals surface area contributed by atoms with Crippen molar-refractivity contribution in [2.75, 3.05) is 10.2 Å². The first-order valence-electron chi connectivity index (χ1n) is 8.96. The van der Waals surface area contributed by atoms with E-state index in [2.05, 4.69) is 20.3 Å². The summed E-state index contributed by atoms with van der Waals surface area (Å²) in [6, 6.07) is 13.4. The molecule has 0 unspecified atom stereocenters. The van der Waals surface area contributed by atoms with Crippen molar-refractivity contribution < 1.29 is 14.0 Å². The van der Waals surface area contributed by atoms with Crippen LogP contribution in [-0.4, -0.2) is 26.8 Å². The van der Waals surface area contributed by atoms with Gasteiger partial charge in [-0.15, -0.1) is 11.3 Å². The SMILES string of the molecule is CC(=O)N(c1nc(/C=C/C(=O)Nc2nc3ccccc3[nH]2)cs1)c1ccccc1F. The van der Waals surface area contributed by atoms with E-state index in [1.807, 2.05) is 24.3 Å². The molecule has 0 saturated heterocycles. The van der Waals surface area contributed by atoms with Crippen molar-refractivity contribution in [3.05, 3.63) is 71.5 Å². The van der Waals surface area contributed by atoms with Crippen molar-refractivity contribution in [1.82, 2.24) is 15.0 Å². The van der Waals surface area contributed by atoms with Crippen LogP contribution < -0.4 is 10.2 Å². The third-order valence-corrected chi connectivity index (χ3v) is 4.99. The van der Waals surface area contributed by atoms with Crippen LogP contribution in [0.25, 0.3) is 17.1 Å². The summed E-state index contributed by atoms with van der Waals surface area (Å²) in [6.45, 7) is 1.34. The summed E-state index contributed by atoms with van der Waals surface area (Å²) in [5.74, 6) is -0.939. The number of nitrogens with one attached hydrogen (secondary N) is 2. The van der Waals surface area contributed by atoms with E-state index in [1.54, 1.807) is 17.5 Å². The van der Waals surface area contributed by atoms with E-state index in [0.717, 1.165) is 11.0 Å². The molecule has 0 aliphatic rings. The minimum absolute atomic E-state index is 0.123. The number of thiazole rings is 1. The van der Waals surface area contributed by atoms with E-state index >= 15 is 0 Å². The first-order chi connectivity index (χ1) is 14.5. The quantitative estimate of drug-likeness (QED) is 0.465. The highest BCUT2D eigenvalue weighted by atomic mass is 32.1. The molecule has 0 radical (unpaired) electrons. The number of hydrogen-bond donors (Lipinski definition) is 2. The molecule has 2 amide bonds. The highest BCUT2D eigenvalue weighted by Crippen LogP contribution is 2.31. The summed E-state index contributed by atoms with van der Waals surface area (Å²) in [5.41, 5.74) is 2.16. The number of halogens is 1. The minimum atomic E-state index is -0.523. The van der Waals surface area contributed by atoms with Gasteiger partial charge >= 0.3 is 0 Å². The van der Waals surface area contributed by atoms with Gasteiger partial charge in [0.2, 0.25) is 11.9 Å². The number of amides is 2. The van der Waals surface area contributed by atoms with Crippen LogP contribution in [0.15, 0.2) is 60.0 Å². The summed E-state index contributed by atoms with van der Waals surface area (Å²) in [7, 11) is 0. The maximum Gasteiger partial charge on any atom is 0.250 e. The Hall–Kier alpha value is -3.85. The van der Waals surface area contributed by atoms with Gasteiger partial charge in [0.05, 0.1) is 22.4 Å². The Morgan fingerprint density at radius 3 is 2.67 bits per heavy atom. The number of carbonyl (C=O) groups excluding carboxylic acids is 2. The van der Waals surface area contributed by atoms with Gasteiger partial charge in [-0.1, -0.05) is 24.3 Å². The molecule has 2 N–H and O–H groups in total. The molecule has 0 fully saturated rings. The van der Waals surface area contributed by atoms with Crippen molar-refractivity contribution in [3.8, 4) is 0 Å². The average Bonchev–Trinajstić information content (AvgIpc) is 3.34. The summed E-state index contributed by atoms with van der Waals surface area (Å²) < 4.78 is 14.1. The van der Waals surface area contributed by atoms with E-state index in [4.69, 9.17) is 0 Å². The lowest BCUT2D eigenvalue weighted by molar-refractivity contribution is -0.116. The molecule has 9 heteroatoms. The zero-order valence-electron chi connectivity index (χ0n) is 15.8. The highest BCUT2D eigenvalue weighted by molar-refractivity contribution is 7.14. The topological polar surface area (TPSA) is 91.0 Å². The molecule has 2 aromatic carbocycles. The number of carbonyl (C=O) groups is 2. The van der Waals surface area contributed by atoms with E-state index in [0.29, 0.717) is 16.8 Å². The monoisotopic (exact) mass is 421 g/mol. The minimum Gasteiger partial charge on any atom is -0.324 e. The molecule has 0 aliphatic carbocycles. The van der Waals surface area contributed by atoms with E-state index in [9.17, 15) is 14.0 Å². The Morgan fingerprint density at radius 1 is 1.13 bits per heavy atom. The van der Waals surface area contributed by atoms with Crippen LogP contribution in [-0.2, 0) is 9.59 Å². The van der Waals surface area contributed by atoms with Crippen molar-refractivity contribution in [2.45, 2.75) is 6.92 Å². The third kappa shape index (κ3) is 4.11. The molecule has 7 nitrogen and oxygen atoms in total. The van der Waals surface area contributed by atoms with Gasteiger partial charge < -0.3 is 4.98 Å². The third-order valence-electron chi connectivity index (χ3n) is 4.15. The fraction of sp³-hybridized carbons (Fsp3) is 0.0476. The molecule has 0 spiro atoms. The van der Waals surface area contributed by atoms with E-state index < -0.39 is 5.82 Å². The molecule has 4 rings (SSSR count). The summed E-state index contributed by atoms with van der Waals surface area (Å²) in [5, 5.41) is 4.64. The number of aromatic nitrogens is 3. The van der Waals surface area contributed by atoms with E-state index in [1.165, 1.54) is 47.4 Å². The van der Waals surface area contributed by atoms with Gasteiger partial charge in [-0.2, -0.15) is 0 Å². The molecule has 4 aromatic rings. The zero-order chi connectivity index (χ0) is 21.1. The van der Waals surface area contributed by atoms with Gasteiger partial charge in [0.15, 0.2) is 5.13 Å². The van der Waals surface area contributed by atoms with Crippen LogP contribution in [0, 0.1) is 5.82 Å². The van der Waals surface area contributed by atoms with E-state index in [-0.39, 0.29) is 17.5 Å². The number of rotatable bonds is 5. The molecular weight excluding hydrogens is 405 g/mol. The van der Waals surface area contributed by atoms with Gasteiger partial charge in [0, 0.05) is 18.4 Å². The number of imidazole rings is 1. The number of nitrogens with zero attached hydrogens (tertiary/aromatic N) is 3. The number of hydrogen-bond acceptors (Lipinski definition) is 5. The van der Waals surface area contributed by atoms with Crippen molar-refractivity contribution in [3.63, 3.8) is 0 Å². The fourth-order valence-corrected chi connectivity index (χ4v) is 3.68. The van der Waals surface area contributed by atoms with Gasteiger partial charge in [-0.05, 0) is 30.3 Å². The largest absolute Gasteiger partial charge is 0.324 e. The van der Waals surface area contributed by atoms with Crippen LogP contribution in [0.1, 0.15) is 12.6 Å². The molecule has 0 bridgehead atoms. The maximum absolute atomic E-state index is 14.1. The Labute approximate surface area is 174 Å². The fourth-order valence-electron chi connectivity index (χ4n) is 2.83. The number of benzene rings is 2. The van der Waals surface area contributed by atoms with Gasteiger partial charge in [-0.25, -0.2) is 14.4 Å². The first kappa shape index (κ1) is 19.5. The summed E-state index contributed by atoms with van der Waals surface area (Å²) >= 11 is 1.17. The lowest BCUT2D eigenvalue weighted by atomic mass is 10.3. The summed E-state index contributed by atoms with van der Waals surface area (Å²) in [4.78, 5) is 37.1. The van der Waals surface area contributed by atoms with Crippen LogP contribution in [0.4, 0.5) is 21.2 Å². The highest BCUT2D eigenvalue weighted by Gasteiger charge is 2.20. The molecular formula is C21H16FN5O2S. The Morgan fingerprint density at radius 2 is 1.90 bits per heavy atom. The number of para-hydroxylation sites is 3. The second kappa shape index (κ2) is 8.26. The first-order valence-corrected chi connectivity index (χ1v) is 9.84. The van der Waals surface area contributed by atoms with Crippen LogP contribution in [0.5, 0.6) is 0 Å². The number of H-pyrrole nitrogens is 1. The second-order valence-corrected chi connectivity index (χ2v) is 7.12. The predicted octanol–water partition coefficient (Wildman–Crippen LogP) is 4.50. The molecule has 30 heavy (non-hydrogen) atoms. The molecule has 0 aliphatic heterocycles. The van der Waals surface area contributed by atoms with Crippen LogP contribution >= 0.6 is 11.3 Å². The summed E-state index contributed by atoms with van der Waals surface area (Å²) in [6.07, 6.45) is 2.82. The number of fused-ring (bicyclic) bond motifs is 1. The van der Waals surface area contributed by atoms with Crippen LogP contribution in [0.2, 0.25) is 0 Å². The number of anilines is 3. The smallest absolute Gasteiger partial charge is 0.250 e. The maximum atomic E-state index is 14.1. The van der Waals surface area contributed by atoms with Crippen molar-refractivity contribution in [1.29, 1.82) is 0 Å². The zero-order valence-corrected chi connectivity index (χ0v) is 16.6. The van der Waals surface area contributed by atoms with Gasteiger partial charge in [0.1, 0.15) is 5.82 Å². The number of aromatic amines is 1. The van der Waals surface area contributed by atoms with Crippen LogP contribution in [0.3, 0.4) is 0 Å². The lowest BCUT2D eigenvalue weighted by Crippen LogP contribution is -2.23. The Balaban J connectivity index is 1.49. The predicted molar refractivity (Wildman–Crippen MR) is 115 cm³/mol. The molecule has 0 saturated carbocycles. The van der Waals surface area contributed by atoms with Crippen molar-refractivity contribution in [2.24, 2.45) is 0 Å². The van der Waals surface area contributed by atoms with Crippen molar-refractivity contribution >= 4 is 57.0 Å². The second-order valence-electron chi connectivity index (χ2n) is 6.29. The standard InChI is InChI=1S/C21H16FN5O2S/c1-13(28)27(18-9-5-2-6-15(18)22)21-23-14(12-30-21)10-11-19(29)26-20-24-16-7-3-4-8-17(16)25-20/h2-12H,1H3,(H2,24,25,26,29)/b11-10+. The molecule has 2 aromatic heterocycles. The normalized spacial score (nSPS) is 11.1. The molecule has 2 heterocycles. The van der Waals surface area contributed by atoms with Gasteiger partial charge in [-0.3, -0.25) is 19.8 Å². The Kier molecular flexibility index (Phi) is 5.36. The lowest BCUT2D eigenvalue weighted by Gasteiger charge is -2.18. The van der Waals surface area contributed by atoms with Gasteiger partial charge in [0.25, 0.3) is 5.91 Å².